The van der Waals surface area contributed by atoms with Crippen LogP contribution in [0.2, 0.25) is 5.02 Å². The first-order valence-electron chi connectivity index (χ1n) is 3.37. The van der Waals surface area contributed by atoms with Crippen molar-refractivity contribution in [2.75, 3.05) is 0 Å². The molecule has 59 valence electrons. The van der Waals surface area contributed by atoms with Gasteiger partial charge >= 0.3 is 5.63 Å². The maximum Gasteiger partial charge on any atom is 0.355 e. The van der Waals surface area contributed by atoms with Gasteiger partial charge in [0.25, 0.3) is 0 Å². The second-order valence-electron chi connectivity index (χ2n) is 2.35. The van der Waals surface area contributed by atoms with Crippen molar-refractivity contribution in [3.63, 3.8) is 0 Å². The van der Waals surface area contributed by atoms with Crippen molar-refractivity contribution in [1.29, 1.82) is 0 Å². The first-order valence-corrected chi connectivity index (χ1v) is 3.74. The van der Waals surface area contributed by atoms with Crippen molar-refractivity contribution in [1.82, 2.24) is 0 Å². The molecule has 2 rings (SSSR count). The zero-order valence-corrected chi connectivity index (χ0v) is 6.76. The maximum absolute atomic E-state index is 10.9. The van der Waals surface area contributed by atoms with Gasteiger partial charge in [0, 0.05) is 5.39 Å². The Morgan fingerprint density at radius 2 is 2.33 bits per heavy atom. The molecule has 1 aromatic carbocycles. The quantitative estimate of drug-likeness (QED) is 0.581. The molecule has 0 fully saturated rings. The van der Waals surface area contributed by atoms with E-state index < -0.39 is 5.63 Å². The number of fused-ring (bicyclic) bond motifs is 1. The van der Waals surface area contributed by atoms with Crippen LogP contribution >= 0.6 is 11.6 Å². The van der Waals surface area contributed by atoms with E-state index in [2.05, 4.69) is 6.07 Å². The van der Waals surface area contributed by atoms with Crippen molar-refractivity contribution in [2.24, 2.45) is 0 Å². The summed E-state index contributed by atoms with van der Waals surface area (Å²) in [6.45, 7) is 0. The van der Waals surface area contributed by atoms with E-state index in [4.69, 9.17) is 16.0 Å². The van der Waals surface area contributed by atoms with Gasteiger partial charge in [0.2, 0.25) is 0 Å². The predicted octanol–water partition coefficient (Wildman–Crippen LogP) is 2.25. The van der Waals surface area contributed by atoms with Crippen molar-refractivity contribution in [3.8, 4) is 0 Å². The van der Waals surface area contributed by atoms with E-state index in [0.29, 0.717) is 5.58 Å². The maximum atomic E-state index is 10.9. The van der Waals surface area contributed by atoms with Crippen LogP contribution in [-0.4, -0.2) is 0 Å². The van der Waals surface area contributed by atoms with E-state index in [9.17, 15) is 4.79 Å². The van der Waals surface area contributed by atoms with Gasteiger partial charge < -0.3 is 4.42 Å². The molecule has 0 unspecified atom stereocenters. The third-order valence-electron chi connectivity index (χ3n) is 1.53. The Balaban J connectivity index is 2.93. The van der Waals surface area contributed by atoms with Gasteiger partial charge in [0.15, 0.2) is 0 Å². The normalized spacial score (nSPS) is 10.4. The van der Waals surface area contributed by atoms with Gasteiger partial charge in [-0.25, -0.2) is 4.79 Å². The van der Waals surface area contributed by atoms with Crippen LogP contribution < -0.4 is 5.63 Å². The van der Waals surface area contributed by atoms with Crippen LogP contribution in [0.1, 0.15) is 0 Å². The zero-order valence-electron chi connectivity index (χ0n) is 6.00. The van der Waals surface area contributed by atoms with E-state index in [-0.39, 0.29) is 5.02 Å². The molecule has 0 amide bonds. The van der Waals surface area contributed by atoms with Crippen molar-refractivity contribution >= 4 is 22.6 Å². The second-order valence-corrected chi connectivity index (χ2v) is 2.75. The monoisotopic (exact) mass is 179 g/mol. The van der Waals surface area contributed by atoms with Gasteiger partial charge in [0.05, 0.1) is 0 Å². The molecule has 3 heteroatoms. The highest BCUT2D eigenvalue weighted by Gasteiger charge is 2.00. The molecule has 0 saturated heterocycles. The lowest BCUT2D eigenvalue weighted by atomic mass is 10.2. The molecule has 2 aromatic rings. The molecular weight excluding hydrogens is 176 g/mol. The van der Waals surface area contributed by atoms with Gasteiger partial charge in [-0.2, -0.15) is 0 Å². The highest BCUT2D eigenvalue weighted by molar-refractivity contribution is 6.30. The summed E-state index contributed by atoms with van der Waals surface area (Å²) in [6.07, 6.45) is 0. The van der Waals surface area contributed by atoms with Crippen LogP contribution in [0.5, 0.6) is 0 Å². The molecule has 2 nitrogen and oxygen atoms in total. The van der Waals surface area contributed by atoms with E-state index >= 15 is 0 Å². The Hall–Kier alpha value is -1.28. The van der Waals surface area contributed by atoms with Crippen LogP contribution in [-0.2, 0) is 0 Å². The van der Waals surface area contributed by atoms with Gasteiger partial charge in [-0.15, -0.1) is 0 Å². The molecule has 0 aliphatic rings. The van der Waals surface area contributed by atoms with Gasteiger partial charge in [0.1, 0.15) is 10.6 Å². The Kier molecular flexibility index (Phi) is 1.62. The average molecular weight is 180 g/mol. The lowest BCUT2D eigenvalue weighted by Gasteiger charge is -1.93. The van der Waals surface area contributed by atoms with Crippen LogP contribution in [0.3, 0.4) is 0 Å². The zero-order chi connectivity index (χ0) is 8.55. The Labute approximate surface area is 73.4 Å². The molecule has 0 aliphatic heterocycles. The van der Waals surface area contributed by atoms with Gasteiger partial charge in [-0.1, -0.05) is 17.7 Å². The van der Waals surface area contributed by atoms with Crippen molar-refractivity contribution < 1.29 is 4.42 Å². The van der Waals surface area contributed by atoms with Crippen LogP contribution in [0.4, 0.5) is 0 Å². The lowest BCUT2D eigenvalue weighted by molar-refractivity contribution is 0.561. The molecule has 0 N–H and O–H groups in total. The second kappa shape index (κ2) is 2.64. The molecule has 1 heterocycles. The molecule has 0 aliphatic carbocycles. The van der Waals surface area contributed by atoms with Crippen LogP contribution in [0, 0.1) is 6.07 Å². The Morgan fingerprint density at radius 1 is 1.50 bits per heavy atom. The Bertz CT molecular complexity index is 473. The molecule has 0 spiro atoms. The summed E-state index contributed by atoms with van der Waals surface area (Å²) < 4.78 is 4.88. The molecule has 1 aromatic heterocycles. The predicted molar refractivity (Wildman–Crippen MR) is 46.3 cm³/mol. The highest BCUT2D eigenvalue weighted by Crippen LogP contribution is 2.14. The van der Waals surface area contributed by atoms with Crippen LogP contribution in [0.25, 0.3) is 11.0 Å². The number of benzene rings is 1. The van der Waals surface area contributed by atoms with E-state index in [1.165, 1.54) is 0 Å². The summed E-state index contributed by atoms with van der Waals surface area (Å²) in [5, 5.41) is 0.879. The first kappa shape index (κ1) is 7.37. The molecular formula is C9H4ClO2. The molecule has 0 atom stereocenters. The van der Waals surface area contributed by atoms with E-state index in [1.54, 1.807) is 24.3 Å². The van der Waals surface area contributed by atoms with Crippen LogP contribution in [0.15, 0.2) is 33.5 Å². The Morgan fingerprint density at radius 3 is 3.17 bits per heavy atom. The number of halogens is 1. The van der Waals surface area contributed by atoms with Crippen molar-refractivity contribution in [3.05, 3.63) is 45.8 Å². The topological polar surface area (TPSA) is 30.2 Å². The summed E-state index contributed by atoms with van der Waals surface area (Å²) in [7, 11) is 0. The minimum atomic E-state index is -0.504. The number of hydrogen-bond donors (Lipinski definition) is 0. The number of hydrogen-bond acceptors (Lipinski definition) is 2. The number of rotatable bonds is 0. The molecule has 0 saturated carbocycles. The molecule has 12 heavy (non-hydrogen) atoms. The van der Waals surface area contributed by atoms with E-state index in [0.717, 1.165) is 5.39 Å². The average Bonchev–Trinajstić information content (AvgIpc) is 2.07. The smallest absolute Gasteiger partial charge is 0.355 e. The highest BCUT2D eigenvalue weighted by atomic mass is 35.5. The standard InChI is InChI=1S/C9H4ClO2/c10-7-5-6-3-1-2-4-8(6)12-9(7)11/h2-5H. The third-order valence-corrected chi connectivity index (χ3v) is 1.80. The fraction of sp³-hybridized carbons (Fsp3) is 0. The summed E-state index contributed by atoms with van der Waals surface area (Å²) >= 11 is 5.57. The van der Waals surface area contributed by atoms with E-state index in [1.807, 2.05) is 0 Å². The van der Waals surface area contributed by atoms with Gasteiger partial charge in [-0.05, 0) is 24.3 Å². The molecule has 0 bridgehead atoms. The lowest BCUT2D eigenvalue weighted by Crippen LogP contribution is -1.97. The third kappa shape index (κ3) is 1.10. The minimum Gasteiger partial charge on any atom is -0.422 e. The summed E-state index contributed by atoms with van der Waals surface area (Å²) in [5.74, 6) is 0. The molecule has 1 radical (unpaired) electrons. The van der Waals surface area contributed by atoms with Gasteiger partial charge in [-0.3, -0.25) is 0 Å². The summed E-state index contributed by atoms with van der Waals surface area (Å²) in [4.78, 5) is 10.9. The summed E-state index contributed by atoms with van der Waals surface area (Å²) in [5.41, 5.74) is 0.0264. The largest absolute Gasteiger partial charge is 0.422 e. The summed E-state index contributed by atoms with van der Waals surface area (Å²) in [6, 6.07) is 9.50. The van der Waals surface area contributed by atoms with Crippen molar-refractivity contribution in [2.45, 2.75) is 0 Å². The fourth-order valence-electron chi connectivity index (χ4n) is 0.979. The fourth-order valence-corrected chi connectivity index (χ4v) is 1.13. The minimum absolute atomic E-state index is 0.0992. The first-order chi connectivity index (χ1) is 5.77. The SMILES string of the molecule is O=c1oc2cc[c]cc2cc1Cl.